The molecule has 0 aliphatic carbocycles. The molecule has 2 rings (SSSR count). The molecule has 0 fully saturated rings. The minimum absolute atomic E-state index is 0.314. The number of thiophene rings is 1. The van der Waals surface area contributed by atoms with Crippen molar-refractivity contribution in [2.24, 2.45) is 0 Å². The topological polar surface area (TPSA) is 29.9 Å². The van der Waals surface area contributed by atoms with E-state index in [0.29, 0.717) is 6.04 Å². The summed E-state index contributed by atoms with van der Waals surface area (Å²) in [6, 6.07) is 4.60. The second-order valence-electron chi connectivity index (χ2n) is 4.89. The van der Waals surface area contributed by atoms with E-state index < -0.39 is 0 Å². The van der Waals surface area contributed by atoms with Gasteiger partial charge in [-0.3, -0.25) is 4.68 Å². The third-order valence-corrected chi connectivity index (χ3v) is 4.86. The quantitative estimate of drug-likeness (QED) is 0.830. The van der Waals surface area contributed by atoms with Gasteiger partial charge in [0, 0.05) is 23.9 Å². The number of hydrogen-bond donors (Lipinski definition) is 1. The summed E-state index contributed by atoms with van der Waals surface area (Å²) in [6.07, 6.45) is 2.01. The number of nitrogens with one attached hydrogen (secondary N) is 1. The molecule has 3 nitrogen and oxygen atoms in total. The summed E-state index contributed by atoms with van der Waals surface area (Å²) in [4.78, 5) is 1.36. The number of nitrogens with zero attached hydrogens (tertiary/aromatic N) is 2. The fraction of sp³-hybridized carbons (Fsp3) is 0.533. The largest absolute Gasteiger partial charge is 0.309 e. The van der Waals surface area contributed by atoms with E-state index in [1.54, 1.807) is 11.3 Å². The number of aryl methyl sites for hydroxylation is 2. The number of hydrogen-bond acceptors (Lipinski definition) is 3. The van der Waals surface area contributed by atoms with Crippen molar-refractivity contribution in [1.82, 2.24) is 15.1 Å². The molecule has 0 amide bonds. The van der Waals surface area contributed by atoms with Crippen LogP contribution in [0.25, 0.3) is 0 Å². The number of rotatable bonds is 7. The molecule has 0 saturated heterocycles. The van der Waals surface area contributed by atoms with Crippen molar-refractivity contribution in [3.05, 3.63) is 38.8 Å². The standard InChI is InChI=1S/C15H22ClN3S/c1-4-8-17-12(14-7-6-9-20-14)10-13-15(16)11(3)18-19(13)5-2/h6-7,9,12,17H,4-5,8,10H2,1-3H3. The third kappa shape index (κ3) is 3.43. The Bertz CT molecular complexity index is 534. The molecule has 5 heteroatoms. The average Bonchev–Trinajstić information content (AvgIpc) is 3.06. The average molecular weight is 312 g/mol. The second-order valence-corrected chi connectivity index (χ2v) is 6.25. The first-order chi connectivity index (χ1) is 9.67. The van der Waals surface area contributed by atoms with Gasteiger partial charge < -0.3 is 5.32 Å². The van der Waals surface area contributed by atoms with Crippen LogP contribution in [0.15, 0.2) is 17.5 Å². The summed E-state index contributed by atoms with van der Waals surface area (Å²) in [6.45, 7) is 8.13. The van der Waals surface area contributed by atoms with E-state index in [-0.39, 0.29) is 0 Å². The number of aromatic nitrogens is 2. The van der Waals surface area contributed by atoms with Crippen LogP contribution in [0, 0.1) is 6.92 Å². The minimum atomic E-state index is 0.314. The predicted octanol–water partition coefficient (Wildman–Crippen LogP) is 4.21. The molecule has 0 bridgehead atoms. The van der Waals surface area contributed by atoms with Crippen LogP contribution >= 0.6 is 22.9 Å². The summed E-state index contributed by atoms with van der Waals surface area (Å²) >= 11 is 8.22. The molecule has 1 N–H and O–H groups in total. The fourth-order valence-corrected chi connectivity index (χ4v) is 3.35. The van der Waals surface area contributed by atoms with Gasteiger partial charge in [0.25, 0.3) is 0 Å². The van der Waals surface area contributed by atoms with E-state index >= 15 is 0 Å². The van der Waals surface area contributed by atoms with Crippen molar-refractivity contribution in [3.8, 4) is 0 Å². The SMILES string of the molecule is CCCNC(Cc1c(Cl)c(C)nn1CC)c1cccs1. The Morgan fingerprint density at radius 2 is 2.25 bits per heavy atom. The Morgan fingerprint density at radius 1 is 1.45 bits per heavy atom. The van der Waals surface area contributed by atoms with Crippen molar-refractivity contribution < 1.29 is 0 Å². The Labute approximate surface area is 130 Å². The maximum Gasteiger partial charge on any atom is 0.0847 e. The van der Waals surface area contributed by atoms with Gasteiger partial charge in [-0.25, -0.2) is 0 Å². The van der Waals surface area contributed by atoms with Crippen LogP contribution in [0.5, 0.6) is 0 Å². The normalized spacial score (nSPS) is 12.8. The van der Waals surface area contributed by atoms with Crippen LogP contribution < -0.4 is 5.32 Å². The van der Waals surface area contributed by atoms with Crippen molar-refractivity contribution in [2.75, 3.05) is 6.54 Å². The summed E-state index contributed by atoms with van der Waals surface area (Å²) < 4.78 is 2.02. The number of halogens is 1. The van der Waals surface area contributed by atoms with Gasteiger partial charge in [0.15, 0.2) is 0 Å². The van der Waals surface area contributed by atoms with Gasteiger partial charge in [-0.2, -0.15) is 5.10 Å². The first kappa shape index (κ1) is 15.5. The molecule has 110 valence electrons. The predicted molar refractivity (Wildman–Crippen MR) is 86.7 cm³/mol. The molecule has 2 aromatic rings. The Morgan fingerprint density at radius 3 is 2.85 bits per heavy atom. The highest BCUT2D eigenvalue weighted by molar-refractivity contribution is 7.10. The summed E-state index contributed by atoms with van der Waals surface area (Å²) in [7, 11) is 0. The minimum Gasteiger partial charge on any atom is -0.309 e. The van der Waals surface area contributed by atoms with Gasteiger partial charge in [-0.05, 0) is 38.3 Å². The molecule has 2 heterocycles. The molecule has 2 aromatic heterocycles. The van der Waals surface area contributed by atoms with Crippen molar-refractivity contribution >= 4 is 22.9 Å². The summed E-state index contributed by atoms with van der Waals surface area (Å²) in [5.41, 5.74) is 2.05. The van der Waals surface area contributed by atoms with Gasteiger partial charge in [0.05, 0.1) is 16.4 Å². The van der Waals surface area contributed by atoms with E-state index in [1.165, 1.54) is 4.88 Å². The molecular formula is C15H22ClN3S. The van der Waals surface area contributed by atoms with Gasteiger partial charge in [0.2, 0.25) is 0 Å². The zero-order valence-electron chi connectivity index (χ0n) is 12.3. The zero-order chi connectivity index (χ0) is 14.5. The lowest BCUT2D eigenvalue weighted by atomic mass is 10.1. The van der Waals surface area contributed by atoms with Gasteiger partial charge >= 0.3 is 0 Å². The lowest BCUT2D eigenvalue weighted by molar-refractivity contribution is 0.508. The van der Waals surface area contributed by atoms with Crippen LogP contribution in [0.4, 0.5) is 0 Å². The molecule has 1 unspecified atom stereocenters. The van der Waals surface area contributed by atoms with E-state index in [1.807, 2.05) is 11.6 Å². The Kier molecular flexibility index (Phi) is 5.64. The van der Waals surface area contributed by atoms with E-state index in [9.17, 15) is 0 Å². The first-order valence-electron chi connectivity index (χ1n) is 7.15. The molecule has 0 spiro atoms. The van der Waals surface area contributed by atoms with Crippen molar-refractivity contribution in [2.45, 2.75) is 46.2 Å². The van der Waals surface area contributed by atoms with Crippen molar-refractivity contribution in [1.29, 1.82) is 0 Å². The summed E-state index contributed by atoms with van der Waals surface area (Å²) in [5.74, 6) is 0. The molecular weight excluding hydrogens is 290 g/mol. The highest BCUT2D eigenvalue weighted by atomic mass is 35.5. The van der Waals surface area contributed by atoms with Crippen LogP contribution in [0.3, 0.4) is 0 Å². The molecule has 0 aliphatic heterocycles. The second kappa shape index (κ2) is 7.25. The zero-order valence-corrected chi connectivity index (χ0v) is 13.9. The lowest BCUT2D eigenvalue weighted by Gasteiger charge is -2.18. The van der Waals surface area contributed by atoms with E-state index in [0.717, 1.165) is 42.3 Å². The van der Waals surface area contributed by atoms with Gasteiger partial charge in [0.1, 0.15) is 0 Å². The highest BCUT2D eigenvalue weighted by Crippen LogP contribution is 2.28. The maximum atomic E-state index is 6.42. The molecule has 1 atom stereocenters. The molecule has 0 aliphatic rings. The monoisotopic (exact) mass is 311 g/mol. The van der Waals surface area contributed by atoms with E-state index in [2.05, 4.69) is 41.8 Å². The Balaban J connectivity index is 2.23. The highest BCUT2D eigenvalue weighted by Gasteiger charge is 2.19. The molecule has 0 saturated carbocycles. The molecule has 0 radical (unpaired) electrons. The Hall–Kier alpha value is -0.840. The van der Waals surface area contributed by atoms with Crippen LogP contribution in [-0.4, -0.2) is 16.3 Å². The van der Waals surface area contributed by atoms with Crippen LogP contribution in [0.2, 0.25) is 5.02 Å². The van der Waals surface area contributed by atoms with Crippen molar-refractivity contribution in [3.63, 3.8) is 0 Å². The van der Waals surface area contributed by atoms with Crippen LogP contribution in [0.1, 0.15) is 42.6 Å². The fourth-order valence-electron chi connectivity index (χ4n) is 2.34. The third-order valence-electron chi connectivity index (χ3n) is 3.38. The smallest absolute Gasteiger partial charge is 0.0847 e. The van der Waals surface area contributed by atoms with E-state index in [4.69, 9.17) is 11.6 Å². The summed E-state index contributed by atoms with van der Waals surface area (Å²) in [5, 5.41) is 11.1. The van der Waals surface area contributed by atoms with Gasteiger partial charge in [-0.15, -0.1) is 11.3 Å². The lowest BCUT2D eigenvalue weighted by Crippen LogP contribution is -2.24. The van der Waals surface area contributed by atoms with Gasteiger partial charge in [-0.1, -0.05) is 24.6 Å². The maximum absolute atomic E-state index is 6.42. The van der Waals surface area contributed by atoms with Crippen LogP contribution in [-0.2, 0) is 13.0 Å². The first-order valence-corrected chi connectivity index (χ1v) is 8.41. The molecule has 0 aromatic carbocycles. The molecule has 20 heavy (non-hydrogen) atoms.